The first-order chi connectivity index (χ1) is 9.74. The molecule has 4 heteroatoms. The van der Waals surface area contributed by atoms with Crippen LogP contribution >= 0.6 is 0 Å². The molecule has 1 heterocycles. The van der Waals surface area contributed by atoms with Crippen molar-refractivity contribution in [3.63, 3.8) is 0 Å². The third kappa shape index (κ3) is 3.65. The van der Waals surface area contributed by atoms with E-state index in [0.717, 1.165) is 38.3 Å². The summed E-state index contributed by atoms with van der Waals surface area (Å²) in [7, 11) is 0. The molecule has 1 saturated heterocycles. The SMILES string of the molecule is CCCC(=O)N1CCN(c2ccc(OCC)cc2)CC1. The molecule has 0 saturated carbocycles. The summed E-state index contributed by atoms with van der Waals surface area (Å²) < 4.78 is 5.45. The second-order valence-electron chi connectivity index (χ2n) is 5.04. The van der Waals surface area contributed by atoms with Gasteiger partial charge in [-0.25, -0.2) is 0 Å². The summed E-state index contributed by atoms with van der Waals surface area (Å²) in [6.45, 7) is 8.19. The van der Waals surface area contributed by atoms with Crippen LogP contribution < -0.4 is 9.64 Å². The van der Waals surface area contributed by atoms with E-state index in [1.54, 1.807) is 0 Å². The monoisotopic (exact) mass is 276 g/mol. The van der Waals surface area contributed by atoms with Gasteiger partial charge in [0.1, 0.15) is 5.75 Å². The van der Waals surface area contributed by atoms with Crippen LogP contribution in [0.3, 0.4) is 0 Å². The summed E-state index contributed by atoms with van der Waals surface area (Å²) >= 11 is 0. The van der Waals surface area contributed by atoms with E-state index in [0.29, 0.717) is 18.9 Å². The second kappa shape index (κ2) is 7.17. The first-order valence-corrected chi connectivity index (χ1v) is 7.50. The molecule has 0 aromatic heterocycles. The number of anilines is 1. The predicted molar refractivity (Wildman–Crippen MR) is 81.3 cm³/mol. The molecule has 1 aromatic carbocycles. The number of amides is 1. The zero-order valence-corrected chi connectivity index (χ0v) is 12.5. The highest BCUT2D eigenvalue weighted by molar-refractivity contribution is 5.76. The number of carbonyl (C=O) groups excluding carboxylic acids is 1. The average Bonchev–Trinajstić information content (AvgIpc) is 2.49. The molecule has 1 fully saturated rings. The Morgan fingerprint density at radius 2 is 1.75 bits per heavy atom. The maximum atomic E-state index is 11.8. The van der Waals surface area contributed by atoms with E-state index in [9.17, 15) is 4.79 Å². The summed E-state index contributed by atoms with van der Waals surface area (Å²) in [5, 5.41) is 0. The third-order valence-corrected chi connectivity index (χ3v) is 3.61. The van der Waals surface area contributed by atoms with Crippen molar-refractivity contribution in [2.45, 2.75) is 26.7 Å². The van der Waals surface area contributed by atoms with E-state index >= 15 is 0 Å². The van der Waals surface area contributed by atoms with Gasteiger partial charge in [0.05, 0.1) is 6.61 Å². The van der Waals surface area contributed by atoms with Gasteiger partial charge in [-0.3, -0.25) is 4.79 Å². The van der Waals surface area contributed by atoms with Crippen LogP contribution in [-0.4, -0.2) is 43.6 Å². The molecule has 0 aliphatic carbocycles. The van der Waals surface area contributed by atoms with E-state index in [2.05, 4.69) is 17.0 Å². The molecule has 0 unspecified atom stereocenters. The van der Waals surface area contributed by atoms with Crippen LogP contribution in [0.25, 0.3) is 0 Å². The lowest BCUT2D eigenvalue weighted by Gasteiger charge is -2.36. The van der Waals surface area contributed by atoms with Crippen LogP contribution in [0.2, 0.25) is 0 Å². The van der Waals surface area contributed by atoms with Crippen LogP contribution in [-0.2, 0) is 4.79 Å². The molecule has 110 valence electrons. The molecular formula is C16H24N2O2. The van der Waals surface area contributed by atoms with Gasteiger partial charge in [0.15, 0.2) is 0 Å². The first kappa shape index (κ1) is 14.7. The number of hydrogen-bond donors (Lipinski definition) is 0. The summed E-state index contributed by atoms with van der Waals surface area (Å²) in [4.78, 5) is 16.2. The molecule has 1 aromatic rings. The van der Waals surface area contributed by atoms with Crippen LogP contribution in [0.15, 0.2) is 24.3 Å². The summed E-state index contributed by atoms with van der Waals surface area (Å²) in [5.41, 5.74) is 1.20. The molecule has 4 nitrogen and oxygen atoms in total. The Morgan fingerprint density at radius 1 is 1.10 bits per heavy atom. The summed E-state index contributed by atoms with van der Waals surface area (Å²) in [6.07, 6.45) is 1.60. The molecular weight excluding hydrogens is 252 g/mol. The molecule has 0 spiro atoms. The Balaban J connectivity index is 1.88. The van der Waals surface area contributed by atoms with Gasteiger partial charge in [-0.2, -0.15) is 0 Å². The van der Waals surface area contributed by atoms with Crippen molar-refractivity contribution >= 4 is 11.6 Å². The number of rotatable bonds is 5. The second-order valence-corrected chi connectivity index (χ2v) is 5.04. The van der Waals surface area contributed by atoms with Crippen molar-refractivity contribution in [2.75, 3.05) is 37.7 Å². The van der Waals surface area contributed by atoms with Gasteiger partial charge < -0.3 is 14.5 Å². The fourth-order valence-corrected chi connectivity index (χ4v) is 2.51. The molecule has 20 heavy (non-hydrogen) atoms. The average molecular weight is 276 g/mol. The Kier molecular flexibility index (Phi) is 5.27. The molecule has 0 N–H and O–H groups in total. The van der Waals surface area contributed by atoms with Crippen molar-refractivity contribution in [1.29, 1.82) is 0 Å². The van der Waals surface area contributed by atoms with Gasteiger partial charge in [0.25, 0.3) is 0 Å². The minimum absolute atomic E-state index is 0.291. The van der Waals surface area contributed by atoms with Gasteiger partial charge >= 0.3 is 0 Å². The lowest BCUT2D eigenvalue weighted by atomic mass is 10.2. The van der Waals surface area contributed by atoms with E-state index in [1.165, 1.54) is 5.69 Å². The molecule has 1 aliphatic rings. The Morgan fingerprint density at radius 3 is 2.30 bits per heavy atom. The lowest BCUT2D eigenvalue weighted by Crippen LogP contribution is -2.48. The van der Waals surface area contributed by atoms with Crippen molar-refractivity contribution in [3.8, 4) is 5.75 Å². The molecule has 0 radical (unpaired) electrons. The van der Waals surface area contributed by atoms with Gasteiger partial charge in [-0.1, -0.05) is 6.92 Å². The number of nitrogens with zero attached hydrogens (tertiary/aromatic N) is 2. The number of hydrogen-bond acceptors (Lipinski definition) is 3. The van der Waals surface area contributed by atoms with Crippen molar-refractivity contribution in [2.24, 2.45) is 0 Å². The highest BCUT2D eigenvalue weighted by Crippen LogP contribution is 2.21. The Bertz CT molecular complexity index is 423. The van der Waals surface area contributed by atoms with Crippen molar-refractivity contribution in [3.05, 3.63) is 24.3 Å². The summed E-state index contributed by atoms with van der Waals surface area (Å²) in [6, 6.07) is 8.20. The number of piperazine rings is 1. The highest BCUT2D eigenvalue weighted by Gasteiger charge is 2.20. The Hall–Kier alpha value is -1.71. The van der Waals surface area contributed by atoms with Crippen molar-refractivity contribution in [1.82, 2.24) is 4.90 Å². The number of benzene rings is 1. The van der Waals surface area contributed by atoms with E-state index in [4.69, 9.17) is 4.74 Å². The van der Waals surface area contributed by atoms with Crippen LogP contribution in [0, 0.1) is 0 Å². The maximum absolute atomic E-state index is 11.8. The number of carbonyl (C=O) groups is 1. The maximum Gasteiger partial charge on any atom is 0.222 e. The minimum atomic E-state index is 0.291. The van der Waals surface area contributed by atoms with Gasteiger partial charge in [0.2, 0.25) is 5.91 Å². The first-order valence-electron chi connectivity index (χ1n) is 7.50. The fraction of sp³-hybridized carbons (Fsp3) is 0.562. The zero-order valence-electron chi connectivity index (χ0n) is 12.5. The van der Waals surface area contributed by atoms with Gasteiger partial charge in [-0.05, 0) is 37.6 Å². The van der Waals surface area contributed by atoms with Crippen LogP contribution in [0.5, 0.6) is 5.75 Å². The smallest absolute Gasteiger partial charge is 0.222 e. The highest BCUT2D eigenvalue weighted by atomic mass is 16.5. The topological polar surface area (TPSA) is 32.8 Å². The van der Waals surface area contributed by atoms with Crippen LogP contribution in [0.1, 0.15) is 26.7 Å². The molecule has 0 atom stereocenters. The van der Waals surface area contributed by atoms with E-state index in [-0.39, 0.29) is 0 Å². The largest absolute Gasteiger partial charge is 0.494 e. The lowest BCUT2D eigenvalue weighted by molar-refractivity contribution is -0.131. The molecule has 2 rings (SSSR count). The third-order valence-electron chi connectivity index (χ3n) is 3.61. The minimum Gasteiger partial charge on any atom is -0.494 e. The van der Waals surface area contributed by atoms with Gasteiger partial charge in [0, 0.05) is 38.3 Å². The normalized spacial score (nSPS) is 15.3. The fourth-order valence-electron chi connectivity index (χ4n) is 2.51. The molecule has 1 aliphatic heterocycles. The van der Waals surface area contributed by atoms with Gasteiger partial charge in [-0.15, -0.1) is 0 Å². The Labute approximate surface area is 121 Å². The number of ether oxygens (including phenoxy) is 1. The summed E-state index contributed by atoms with van der Waals surface area (Å²) in [5.74, 6) is 1.20. The molecule has 0 bridgehead atoms. The standard InChI is InChI=1S/C16H24N2O2/c1-3-5-16(19)18-12-10-17(11-13-18)14-6-8-15(9-7-14)20-4-2/h6-9H,3-5,10-13H2,1-2H3. The molecule has 1 amide bonds. The van der Waals surface area contributed by atoms with E-state index in [1.807, 2.05) is 30.9 Å². The quantitative estimate of drug-likeness (QED) is 0.828. The van der Waals surface area contributed by atoms with Crippen LogP contribution in [0.4, 0.5) is 5.69 Å². The zero-order chi connectivity index (χ0) is 14.4. The predicted octanol–water partition coefficient (Wildman–Crippen LogP) is 2.53. The van der Waals surface area contributed by atoms with Crippen molar-refractivity contribution < 1.29 is 9.53 Å². The van der Waals surface area contributed by atoms with E-state index < -0.39 is 0 Å².